The highest BCUT2D eigenvalue weighted by atomic mass is 15.0. The molecule has 1 nitrogen and oxygen atoms in total. The monoisotopic (exact) mass is 795 g/mol. The lowest BCUT2D eigenvalue weighted by atomic mass is 9.74. The van der Waals surface area contributed by atoms with Gasteiger partial charge < -0.3 is 4.57 Å². The molecule has 1 aromatic heterocycles. The summed E-state index contributed by atoms with van der Waals surface area (Å²) in [4.78, 5) is 0. The number of hydrogen-bond acceptors (Lipinski definition) is 0. The number of nitrogens with zero attached hydrogens (tertiary/aromatic N) is 1. The molecule has 0 spiro atoms. The van der Waals surface area contributed by atoms with Crippen LogP contribution in [0, 0.1) is 13.8 Å². The van der Waals surface area contributed by atoms with Gasteiger partial charge >= 0.3 is 0 Å². The third-order valence-electron chi connectivity index (χ3n) is 11.7. The average Bonchev–Trinajstić information content (AvgIpc) is 3.77. The maximum absolute atomic E-state index is 4.88. The van der Waals surface area contributed by atoms with Crippen molar-refractivity contribution in [2.24, 2.45) is 0 Å². The molecular weight excluding hydrogens is 747 g/mol. The number of rotatable bonds is 11. The van der Waals surface area contributed by atoms with Gasteiger partial charge in [0.25, 0.3) is 0 Å². The van der Waals surface area contributed by atoms with Crippen LogP contribution in [0.5, 0.6) is 0 Å². The first-order valence-corrected chi connectivity index (χ1v) is 21.4. The second-order valence-corrected chi connectivity index (χ2v) is 15.8. The highest BCUT2D eigenvalue weighted by Crippen LogP contribution is 2.54. The van der Waals surface area contributed by atoms with E-state index >= 15 is 0 Å². The van der Waals surface area contributed by atoms with Crippen molar-refractivity contribution in [2.75, 3.05) is 0 Å². The first-order valence-electron chi connectivity index (χ1n) is 21.4. The topological polar surface area (TPSA) is 4.93 Å². The molecule has 298 valence electrons. The summed E-state index contributed by atoms with van der Waals surface area (Å²) >= 11 is 0. The Morgan fingerprint density at radius 2 is 0.710 bits per heavy atom. The van der Waals surface area contributed by atoms with Crippen LogP contribution in [0.25, 0.3) is 89.4 Å². The molecule has 0 radical (unpaired) electrons. The van der Waals surface area contributed by atoms with E-state index in [1.165, 1.54) is 38.9 Å². The van der Waals surface area contributed by atoms with Gasteiger partial charge in [-0.3, -0.25) is 0 Å². The minimum Gasteiger partial charge on any atom is -0.309 e. The predicted octanol–water partition coefficient (Wildman–Crippen LogP) is 16.9. The van der Waals surface area contributed by atoms with Crippen LogP contribution in [0.3, 0.4) is 0 Å². The van der Waals surface area contributed by atoms with Gasteiger partial charge in [-0.1, -0.05) is 224 Å². The van der Waals surface area contributed by atoms with Crippen molar-refractivity contribution >= 4 is 5.57 Å². The Hall–Kier alpha value is -7.74. The van der Waals surface area contributed by atoms with Crippen LogP contribution in [0.2, 0.25) is 0 Å². The second-order valence-electron chi connectivity index (χ2n) is 15.8. The van der Waals surface area contributed by atoms with E-state index in [1.54, 1.807) is 0 Å². The number of aryl methyl sites for hydroxylation is 2. The first-order chi connectivity index (χ1) is 30.5. The third-order valence-corrected chi connectivity index (χ3v) is 11.7. The first kappa shape index (κ1) is 39.7. The van der Waals surface area contributed by atoms with Gasteiger partial charge in [0, 0.05) is 5.69 Å². The molecule has 0 N–H and O–H groups in total. The van der Waals surface area contributed by atoms with Crippen molar-refractivity contribution in [3.63, 3.8) is 0 Å². The Kier molecular flexibility index (Phi) is 11.4. The van der Waals surface area contributed by atoms with Gasteiger partial charge in [0.2, 0.25) is 0 Å². The summed E-state index contributed by atoms with van der Waals surface area (Å²) in [6.45, 7) is 11.2. The van der Waals surface area contributed by atoms with E-state index < -0.39 is 0 Å². The van der Waals surface area contributed by atoms with Gasteiger partial charge in [0.05, 0.1) is 11.4 Å². The van der Waals surface area contributed by atoms with E-state index in [0.29, 0.717) is 0 Å². The van der Waals surface area contributed by atoms with Gasteiger partial charge in [0.15, 0.2) is 0 Å². The summed E-state index contributed by atoms with van der Waals surface area (Å²) in [5, 5.41) is 0. The number of aromatic nitrogens is 1. The van der Waals surface area contributed by atoms with Crippen LogP contribution >= 0.6 is 0 Å². The van der Waals surface area contributed by atoms with Crippen LogP contribution in [0.15, 0.2) is 237 Å². The highest BCUT2D eigenvalue weighted by molar-refractivity contribution is 6.13. The molecule has 0 saturated heterocycles. The number of allylic oxidation sites excluding steroid dienone is 5. The Balaban J connectivity index is 1.40. The molecule has 0 fully saturated rings. The Morgan fingerprint density at radius 3 is 1.10 bits per heavy atom. The molecular formula is C61H49N. The Bertz CT molecular complexity index is 2960. The van der Waals surface area contributed by atoms with Gasteiger partial charge in [-0.2, -0.15) is 0 Å². The summed E-state index contributed by atoms with van der Waals surface area (Å²) < 4.78 is 2.40. The molecule has 0 saturated carbocycles. The molecule has 0 aliphatic heterocycles. The summed E-state index contributed by atoms with van der Waals surface area (Å²) in [5.41, 5.74) is 21.7. The molecule has 62 heavy (non-hydrogen) atoms. The van der Waals surface area contributed by atoms with E-state index in [9.17, 15) is 0 Å². The lowest BCUT2D eigenvalue weighted by Crippen LogP contribution is -2.04. The SMILES string of the molecule is C=C(C=CC=CC)c1c(-c2ccccc2)c(-c2ccccc2)c(-c2ccccc2)c(-c2ccccc2)c1-c1ccc(-n2c(-c3ccc(C)cc3)ccc2-c2ccc(C)cc2)cc1. The summed E-state index contributed by atoms with van der Waals surface area (Å²) in [6, 6.07) is 74.9. The van der Waals surface area contributed by atoms with Crippen LogP contribution in [-0.2, 0) is 0 Å². The van der Waals surface area contributed by atoms with Gasteiger partial charge in [-0.25, -0.2) is 0 Å². The van der Waals surface area contributed by atoms with E-state index in [2.05, 4.69) is 249 Å². The van der Waals surface area contributed by atoms with E-state index in [0.717, 1.165) is 67.2 Å². The molecule has 0 aliphatic carbocycles. The minimum atomic E-state index is 0.934. The summed E-state index contributed by atoms with van der Waals surface area (Å²) in [7, 11) is 0. The van der Waals surface area contributed by atoms with Crippen molar-refractivity contribution in [1.82, 2.24) is 4.57 Å². The van der Waals surface area contributed by atoms with Gasteiger partial charge in [-0.05, 0) is 123 Å². The van der Waals surface area contributed by atoms with E-state index in [4.69, 9.17) is 6.58 Å². The van der Waals surface area contributed by atoms with Crippen LogP contribution in [-0.4, -0.2) is 4.57 Å². The third kappa shape index (κ3) is 7.85. The lowest BCUT2D eigenvalue weighted by Gasteiger charge is -2.29. The maximum atomic E-state index is 4.88. The zero-order chi connectivity index (χ0) is 42.4. The molecule has 0 bridgehead atoms. The fourth-order valence-electron chi connectivity index (χ4n) is 8.69. The number of hydrogen-bond donors (Lipinski definition) is 0. The zero-order valence-electron chi connectivity index (χ0n) is 35.6. The van der Waals surface area contributed by atoms with Crippen molar-refractivity contribution in [3.05, 3.63) is 254 Å². The largest absolute Gasteiger partial charge is 0.309 e. The second kappa shape index (κ2) is 17.9. The fourth-order valence-corrected chi connectivity index (χ4v) is 8.69. The molecule has 0 amide bonds. The van der Waals surface area contributed by atoms with Crippen LogP contribution < -0.4 is 0 Å². The highest BCUT2D eigenvalue weighted by Gasteiger charge is 2.29. The number of benzene rings is 8. The normalized spacial score (nSPS) is 11.4. The summed E-state index contributed by atoms with van der Waals surface area (Å²) in [5.74, 6) is 0. The van der Waals surface area contributed by atoms with Crippen LogP contribution in [0.1, 0.15) is 23.6 Å². The van der Waals surface area contributed by atoms with Gasteiger partial charge in [-0.15, -0.1) is 0 Å². The lowest BCUT2D eigenvalue weighted by molar-refractivity contribution is 1.09. The summed E-state index contributed by atoms with van der Waals surface area (Å²) in [6.07, 6.45) is 8.39. The quantitative estimate of drug-likeness (QED) is 0.115. The minimum absolute atomic E-state index is 0.934. The molecule has 1 heteroatoms. The molecule has 0 atom stereocenters. The average molecular weight is 796 g/mol. The molecule has 0 aliphatic rings. The van der Waals surface area contributed by atoms with Crippen molar-refractivity contribution < 1.29 is 0 Å². The van der Waals surface area contributed by atoms with Crippen molar-refractivity contribution in [2.45, 2.75) is 20.8 Å². The van der Waals surface area contributed by atoms with E-state index in [1.807, 2.05) is 6.92 Å². The van der Waals surface area contributed by atoms with E-state index in [-0.39, 0.29) is 0 Å². The van der Waals surface area contributed by atoms with Crippen molar-refractivity contribution in [1.29, 1.82) is 0 Å². The molecule has 9 rings (SSSR count). The van der Waals surface area contributed by atoms with Crippen LogP contribution in [0.4, 0.5) is 0 Å². The standard InChI is InChI=1S/C61H49N/c1-5-6-11-20-45(4)56-57(48-21-12-7-13-22-48)59(49-23-14-8-15-24-49)61(51-27-18-10-19-28-51)60(50-25-16-9-17-26-50)58(56)52-37-39-53(40-38-52)62-54(46-33-29-43(2)30-34-46)41-42-55(62)47-35-31-44(3)32-36-47/h5-42H,4H2,1-3H3. The predicted molar refractivity (Wildman–Crippen MR) is 266 cm³/mol. The molecule has 8 aromatic carbocycles. The molecule has 0 unspecified atom stereocenters. The molecule has 1 heterocycles. The smallest absolute Gasteiger partial charge is 0.0535 e. The van der Waals surface area contributed by atoms with Crippen molar-refractivity contribution in [3.8, 4) is 83.8 Å². The Labute approximate surface area is 367 Å². The van der Waals surface area contributed by atoms with Gasteiger partial charge in [0.1, 0.15) is 0 Å². The zero-order valence-corrected chi connectivity index (χ0v) is 35.6. The maximum Gasteiger partial charge on any atom is 0.0535 e. The fraction of sp³-hybridized carbons (Fsp3) is 0.0492. The molecule has 9 aromatic rings. The Morgan fingerprint density at radius 1 is 0.371 bits per heavy atom.